The number of nitrogens with zero attached hydrogens (tertiary/aromatic N) is 2. The zero-order valence-corrected chi connectivity index (χ0v) is 25.0. The van der Waals surface area contributed by atoms with Crippen molar-refractivity contribution in [2.75, 3.05) is 24.5 Å². The summed E-state index contributed by atoms with van der Waals surface area (Å²) in [6.07, 6.45) is 0. The Labute approximate surface area is 241 Å². The first kappa shape index (κ1) is 31.0. The van der Waals surface area contributed by atoms with Crippen LogP contribution in [0.1, 0.15) is 31.9 Å². The minimum Gasteiger partial charge on any atom is -0.497 e. The van der Waals surface area contributed by atoms with Crippen molar-refractivity contribution in [2.24, 2.45) is 5.92 Å². The van der Waals surface area contributed by atoms with Crippen molar-refractivity contribution in [3.8, 4) is 5.75 Å². The van der Waals surface area contributed by atoms with Gasteiger partial charge in [0.15, 0.2) is 0 Å². The lowest BCUT2D eigenvalue weighted by Crippen LogP contribution is -2.51. The van der Waals surface area contributed by atoms with E-state index in [0.29, 0.717) is 28.6 Å². The van der Waals surface area contributed by atoms with E-state index in [2.05, 4.69) is 5.32 Å². The molecule has 3 rings (SSSR count). The van der Waals surface area contributed by atoms with Crippen LogP contribution in [0.5, 0.6) is 5.75 Å². The van der Waals surface area contributed by atoms with Crippen molar-refractivity contribution in [1.82, 2.24) is 10.2 Å². The Balaban J connectivity index is 2.02. The third-order valence-electron chi connectivity index (χ3n) is 6.40. The molecule has 0 bridgehead atoms. The third-order valence-corrected chi connectivity index (χ3v) is 8.56. The van der Waals surface area contributed by atoms with Gasteiger partial charge in [0.05, 0.1) is 17.7 Å². The number of amides is 2. The van der Waals surface area contributed by atoms with E-state index in [9.17, 15) is 18.0 Å². The molecule has 0 aliphatic rings. The average Bonchev–Trinajstić information content (AvgIpc) is 2.94. The topological polar surface area (TPSA) is 96.0 Å². The minimum absolute atomic E-state index is 0.00190. The van der Waals surface area contributed by atoms with Crippen molar-refractivity contribution < 1.29 is 22.7 Å². The minimum atomic E-state index is -4.17. The normalized spacial score (nSPS) is 12.1. The summed E-state index contributed by atoms with van der Waals surface area (Å²) in [5, 5.41) is 3.31. The predicted molar refractivity (Wildman–Crippen MR) is 158 cm³/mol. The fourth-order valence-electron chi connectivity index (χ4n) is 3.96. The lowest BCUT2D eigenvalue weighted by atomic mass is 10.1. The van der Waals surface area contributed by atoms with Crippen LogP contribution in [0.25, 0.3) is 0 Å². The molecule has 1 N–H and O–H groups in total. The number of hydrogen-bond donors (Lipinski definition) is 1. The molecule has 0 radical (unpaired) electrons. The maximum atomic E-state index is 13.9. The SMILES string of the molecule is COc1ccc(S(=O)(=O)N(CC(=O)N(Cc2ccccc2Cl)C(C)C(=O)NCC(C)C)c2ccc(C)cc2)cc1. The van der Waals surface area contributed by atoms with E-state index in [4.69, 9.17) is 16.3 Å². The largest absolute Gasteiger partial charge is 0.497 e. The number of halogens is 1. The molecule has 0 aromatic heterocycles. The molecule has 0 heterocycles. The fourth-order valence-corrected chi connectivity index (χ4v) is 5.57. The standard InChI is InChI=1S/C30H36ClN3O5S/c1-21(2)18-32-30(36)23(4)33(19-24-8-6-7-9-28(24)31)29(35)20-34(25-12-10-22(3)11-13-25)40(37,38)27-16-14-26(39-5)15-17-27/h6-17,21,23H,18-20H2,1-5H3,(H,32,36). The zero-order chi connectivity index (χ0) is 29.4. The van der Waals surface area contributed by atoms with E-state index < -0.39 is 28.5 Å². The first-order chi connectivity index (χ1) is 18.9. The summed E-state index contributed by atoms with van der Waals surface area (Å²) in [4.78, 5) is 28.4. The van der Waals surface area contributed by atoms with Crippen LogP contribution in [0.3, 0.4) is 0 Å². The van der Waals surface area contributed by atoms with Crippen LogP contribution in [0.4, 0.5) is 5.69 Å². The van der Waals surface area contributed by atoms with Crippen molar-refractivity contribution in [1.29, 1.82) is 0 Å². The molecular weight excluding hydrogens is 550 g/mol. The molecule has 8 nitrogen and oxygen atoms in total. The van der Waals surface area contributed by atoms with Crippen LogP contribution in [-0.4, -0.2) is 51.4 Å². The van der Waals surface area contributed by atoms with Gasteiger partial charge in [0.25, 0.3) is 10.0 Å². The predicted octanol–water partition coefficient (Wildman–Crippen LogP) is 5.04. The Morgan fingerprint density at radius 1 is 0.950 bits per heavy atom. The highest BCUT2D eigenvalue weighted by molar-refractivity contribution is 7.92. The van der Waals surface area contributed by atoms with Gasteiger partial charge in [0.1, 0.15) is 18.3 Å². The summed E-state index contributed by atoms with van der Waals surface area (Å²) >= 11 is 6.40. The summed E-state index contributed by atoms with van der Waals surface area (Å²) in [5.74, 6) is -0.168. The lowest BCUT2D eigenvalue weighted by molar-refractivity contribution is -0.139. The summed E-state index contributed by atoms with van der Waals surface area (Å²) < 4.78 is 34.0. The number of benzene rings is 3. The highest BCUT2D eigenvalue weighted by Crippen LogP contribution is 2.27. The second kappa shape index (κ2) is 13.7. The number of carbonyl (C=O) groups is 2. The Morgan fingerprint density at radius 2 is 1.57 bits per heavy atom. The third kappa shape index (κ3) is 7.76. The Hall–Kier alpha value is -3.56. The Morgan fingerprint density at radius 3 is 2.15 bits per heavy atom. The molecule has 1 atom stereocenters. The molecule has 40 heavy (non-hydrogen) atoms. The molecule has 214 valence electrons. The molecule has 0 saturated carbocycles. The van der Waals surface area contributed by atoms with E-state index >= 15 is 0 Å². The monoisotopic (exact) mass is 585 g/mol. The fraction of sp³-hybridized carbons (Fsp3) is 0.333. The van der Waals surface area contributed by atoms with E-state index in [0.717, 1.165) is 9.87 Å². The quantitative estimate of drug-likeness (QED) is 0.321. The molecule has 10 heteroatoms. The maximum Gasteiger partial charge on any atom is 0.264 e. The van der Waals surface area contributed by atoms with Crippen LogP contribution in [-0.2, 0) is 26.2 Å². The van der Waals surface area contributed by atoms with Crippen molar-refractivity contribution in [2.45, 2.75) is 45.2 Å². The Kier molecular flexibility index (Phi) is 10.6. The van der Waals surface area contributed by atoms with Gasteiger partial charge in [-0.15, -0.1) is 0 Å². The smallest absolute Gasteiger partial charge is 0.264 e. The lowest BCUT2D eigenvalue weighted by Gasteiger charge is -2.32. The molecule has 0 spiro atoms. The van der Waals surface area contributed by atoms with Crippen LogP contribution in [0.15, 0.2) is 77.7 Å². The zero-order valence-electron chi connectivity index (χ0n) is 23.4. The van der Waals surface area contributed by atoms with Crippen molar-refractivity contribution >= 4 is 39.1 Å². The van der Waals surface area contributed by atoms with Gasteiger partial charge >= 0.3 is 0 Å². The number of anilines is 1. The molecule has 3 aromatic rings. The second-order valence-electron chi connectivity index (χ2n) is 9.95. The number of nitrogens with one attached hydrogen (secondary N) is 1. The van der Waals surface area contributed by atoms with Gasteiger partial charge in [-0.1, -0.05) is 61.3 Å². The molecular formula is C30H36ClN3O5S. The van der Waals surface area contributed by atoms with Gasteiger partial charge in [-0.25, -0.2) is 8.42 Å². The Bertz CT molecular complexity index is 1410. The van der Waals surface area contributed by atoms with E-state index in [-0.39, 0.29) is 23.3 Å². The highest BCUT2D eigenvalue weighted by atomic mass is 35.5. The first-order valence-electron chi connectivity index (χ1n) is 13.0. The molecule has 0 fully saturated rings. The van der Waals surface area contributed by atoms with Crippen LogP contribution >= 0.6 is 11.6 Å². The first-order valence-corrected chi connectivity index (χ1v) is 14.8. The molecule has 1 unspecified atom stereocenters. The molecule has 3 aromatic carbocycles. The van der Waals surface area contributed by atoms with Gasteiger partial charge in [-0.2, -0.15) is 0 Å². The van der Waals surface area contributed by atoms with Crippen LogP contribution in [0, 0.1) is 12.8 Å². The van der Waals surface area contributed by atoms with Gasteiger partial charge in [0.2, 0.25) is 11.8 Å². The number of sulfonamides is 1. The van der Waals surface area contributed by atoms with Crippen molar-refractivity contribution in [3.63, 3.8) is 0 Å². The number of carbonyl (C=O) groups excluding carboxylic acids is 2. The summed E-state index contributed by atoms with van der Waals surface area (Å²) in [7, 11) is -2.67. The van der Waals surface area contributed by atoms with E-state index in [1.807, 2.05) is 20.8 Å². The second-order valence-corrected chi connectivity index (χ2v) is 12.2. The van der Waals surface area contributed by atoms with Crippen LogP contribution in [0.2, 0.25) is 5.02 Å². The van der Waals surface area contributed by atoms with Gasteiger partial charge in [0, 0.05) is 18.1 Å². The number of methoxy groups -OCH3 is 1. The number of rotatable bonds is 12. The van der Waals surface area contributed by atoms with Gasteiger partial charge in [-0.05, 0) is 67.8 Å². The van der Waals surface area contributed by atoms with E-state index in [1.165, 1.54) is 24.1 Å². The van der Waals surface area contributed by atoms with Gasteiger partial charge in [-0.3, -0.25) is 13.9 Å². The molecule has 0 aliphatic carbocycles. The molecule has 0 aliphatic heterocycles. The highest BCUT2D eigenvalue weighted by Gasteiger charge is 2.32. The molecule has 2 amide bonds. The number of ether oxygens (including phenoxy) is 1. The summed E-state index contributed by atoms with van der Waals surface area (Å²) in [5.41, 5.74) is 1.90. The summed E-state index contributed by atoms with van der Waals surface area (Å²) in [6.45, 7) is 7.40. The van der Waals surface area contributed by atoms with Crippen LogP contribution < -0.4 is 14.4 Å². The van der Waals surface area contributed by atoms with Crippen molar-refractivity contribution in [3.05, 3.63) is 88.9 Å². The molecule has 0 saturated heterocycles. The maximum absolute atomic E-state index is 13.9. The number of hydrogen-bond acceptors (Lipinski definition) is 5. The van der Waals surface area contributed by atoms with Gasteiger partial charge < -0.3 is 15.0 Å². The van der Waals surface area contributed by atoms with E-state index in [1.54, 1.807) is 67.6 Å². The number of aryl methyl sites for hydroxylation is 1. The summed E-state index contributed by atoms with van der Waals surface area (Å²) in [6, 6.07) is 19.0. The average molecular weight is 586 g/mol.